The van der Waals surface area contributed by atoms with E-state index < -0.39 is 11.7 Å². The molecule has 0 amide bonds. The van der Waals surface area contributed by atoms with Gasteiger partial charge in [-0.1, -0.05) is 12.1 Å². The van der Waals surface area contributed by atoms with Crippen LogP contribution in [0.2, 0.25) is 0 Å². The van der Waals surface area contributed by atoms with Gasteiger partial charge in [-0.05, 0) is 68.0 Å². The van der Waals surface area contributed by atoms with Gasteiger partial charge in [-0.15, -0.1) is 0 Å². The summed E-state index contributed by atoms with van der Waals surface area (Å²) in [6, 6.07) is 8.80. The van der Waals surface area contributed by atoms with Crippen molar-refractivity contribution in [2.45, 2.75) is 57.5 Å². The minimum Gasteiger partial charge on any atom is -0.496 e. The first-order chi connectivity index (χ1) is 14.7. The zero-order valence-corrected chi connectivity index (χ0v) is 17.4. The average molecular weight is 434 g/mol. The quantitative estimate of drug-likeness (QED) is 0.650. The third-order valence-corrected chi connectivity index (χ3v) is 6.12. The Morgan fingerprint density at radius 3 is 2.39 bits per heavy atom. The maximum Gasteiger partial charge on any atom is 0.416 e. The van der Waals surface area contributed by atoms with Crippen molar-refractivity contribution in [1.29, 1.82) is 0 Å². The molecule has 0 aliphatic heterocycles. The number of hydrogen-bond donors (Lipinski definition) is 1. The topological polar surface area (TPSA) is 56.4 Å². The SMILES string of the molecule is COc1ccc(Cn2c(=O)n([C@H]3CC[C@H](O)CC3)c3ccc(C(F)(F)F)cc32)cc1C. The van der Waals surface area contributed by atoms with Crippen LogP contribution in [0.25, 0.3) is 11.0 Å². The van der Waals surface area contributed by atoms with Crippen molar-refractivity contribution in [1.82, 2.24) is 9.13 Å². The number of aromatic nitrogens is 2. The van der Waals surface area contributed by atoms with Crippen LogP contribution >= 0.6 is 0 Å². The molecule has 166 valence electrons. The smallest absolute Gasteiger partial charge is 0.416 e. The normalized spacial score (nSPS) is 19.7. The Morgan fingerprint density at radius 1 is 1.06 bits per heavy atom. The van der Waals surface area contributed by atoms with E-state index in [4.69, 9.17) is 4.74 Å². The molecule has 8 heteroatoms. The summed E-state index contributed by atoms with van der Waals surface area (Å²) in [5, 5.41) is 9.82. The highest BCUT2D eigenvalue weighted by atomic mass is 19.4. The summed E-state index contributed by atoms with van der Waals surface area (Å²) in [4.78, 5) is 13.4. The van der Waals surface area contributed by atoms with Crippen LogP contribution in [0.3, 0.4) is 0 Å². The van der Waals surface area contributed by atoms with E-state index in [1.807, 2.05) is 19.1 Å². The third-order valence-electron chi connectivity index (χ3n) is 6.12. The molecule has 0 bridgehead atoms. The van der Waals surface area contributed by atoms with Crippen LogP contribution < -0.4 is 10.4 Å². The number of imidazole rings is 1. The van der Waals surface area contributed by atoms with Crippen molar-refractivity contribution >= 4 is 11.0 Å². The minimum absolute atomic E-state index is 0.144. The molecule has 0 atom stereocenters. The van der Waals surface area contributed by atoms with Crippen molar-refractivity contribution in [3.8, 4) is 5.75 Å². The fourth-order valence-electron chi connectivity index (χ4n) is 4.50. The van der Waals surface area contributed by atoms with Gasteiger partial charge in [0.25, 0.3) is 0 Å². The molecule has 1 N–H and O–H groups in total. The van der Waals surface area contributed by atoms with Crippen LogP contribution in [0, 0.1) is 6.92 Å². The largest absolute Gasteiger partial charge is 0.496 e. The van der Waals surface area contributed by atoms with Gasteiger partial charge >= 0.3 is 11.9 Å². The number of methoxy groups -OCH3 is 1. The molecule has 3 aromatic rings. The van der Waals surface area contributed by atoms with E-state index in [0.29, 0.717) is 36.9 Å². The zero-order chi connectivity index (χ0) is 22.3. The van der Waals surface area contributed by atoms with E-state index in [1.54, 1.807) is 17.7 Å². The van der Waals surface area contributed by atoms with Crippen LogP contribution in [0.15, 0.2) is 41.2 Å². The second-order valence-electron chi connectivity index (χ2n) is 8.21. The summed E-state index contributed by atoms with van der Waals surface area (Å²) in [6.45, 7) is 2.04. The number of hydrogen-bond acceptors (Lipinski definition) is 3. The lowest BCUT2D eigenvalue weighted by Crippen LogP contribution is -2.31. The number of alkyl halides is 3. The number of fused-ring (bicyclic) bond motifs is 1. The number of ether oxygens (including phenoxy) is 1. The number of aryl methyl sites for hydroxylation is 1. The summed E-state index contributed by atoms with van der Waals surface area (Å²) >= 11 is 0. The van der Waals surface area contributed by atoms with E-state index in [0.717, 1.165) is 23.3 Å². The Balaban J connectivity index is 1.85. The molecular formula is C23H25F3N2O3. The maximum absolute atomic E-state index is 13.4. The number of halogens is 3. The van der Waals surface area contributed by atoms with E-state index in [9.17, 15) is 23.1 Å². The Labute approximate surface area is 177 Å². The van der Waals surface area contributed by atoms with Crippen molar-refractivity contribution in [2.75, 3.05) is 7.11 Å². The highest BCUT2D eigenvalue weighted by Gasteiger charge is 2.32. The third kappa shape index (κ3) is 4.08. The molecule has 1 saturated carbocycles. The number of rotatable bonds is 4. The lowest BCUT2D eigenvalue weighted by atomic mass is 9.93. The fraction of sp³-hybridized carbons (Fsp3) is 0.435. The van der Waals surface area contributed by atoms with Gasteiger partial charge in [0.05, 0.1) is 36.4 Å². The summed E-state index contributed by atoms with van der Waals surface area (Å²) in [6.07, 6.45) is -2.52. The molecule has 1 aliphatic rings. The van der Waals surface area contributed by atoms with Crippen LogP contribution in [0.5, 0.6) is 5.75 Å². The Kier molecular flexibility index (Phi) is 5.60. The predicted molar refractivity (Wildman–Crippen MR) is 112 cm³/mol. The standard InChI is InChI=1S/C23H25F3N2O3/c1-14-11-15(3-10-21(14)31-2)13-27-20-12-16(23(24,25)26)4-9-19(20)28(22(27)30)17-5-7-18(29)8-6-17/h3-4,9-12,17-18,29H,5-8,13H2,1-2H3/t17-,18-. The van der Waals surface area contributed by atoms with E-state index in [2.05, 4.69) is 0 Å². The van der Waals surface area contributed by atoms with Gasteiger partial charge in [0.1, 0.15) is 5.75 Å². The van der Waals surface area contributed by atoms with Crippen molar-refractivity contribution in [2.24, 2.45) is 0 Å². The molecule has 0 spiro atoms. The highest BCUT2D eigenvalue weighted by Crippen LogP contribution is 2.34. The second-order valence-corrected chi connectivity index (χ2v) is 8.21. The average Bonchev–Trinajstić information content (AvgIpc) is 2.99. The van der Waals surface area contributed by atoms with E-state index in [-0.39, 0.29) is 29.9 Å². The van der Waals surface area contributed by atoms with Crippen molar-refractivity contribution < 1.29 is 23.0 Å². The molecule has 1 heterocycles. The van der Waals surface area contributed by atoms with Gasteiger partial charge in [0, 0.05) is 6.04 Å². The van der Waals surface area contributed by atoms with Gasteiger partial charge in [-0.3, -0.25) is 9.13 Å². The Bertz CT molecular complexity index is 1160. The first kappa shape index (κ1) is 21.5. The van der Waals surface area contributed by atoms with Gasteiger partial charge in [-0.2, -0.15) is 13.2 Å². The van der Waals surface area contributed by atoms with Crippen molar-refractivity contribution in [3.05, 3.63) is 63.6 Å². The summed E-state index contributed by atoms with van der Waals surface area (Å²) in [7, 11) is 1.57. The predicted octanol–water partition coefficient (Wildman–Crippen LogP) is 4.66. The molecule has 1 aromatic heterocycles. The lowest BCUT2D eigenvalue weighted by molar-refractivity contribution is -0.137. The lowest BCUT2D eigenvalue weighted by Gasteiger charge is -2.26. The van der Waals surface area contributed by atoms with Crippen LogP contribution in [-0.4, -0.2) is 27.5 Å². The van der Waals surface area contributed by atoms with Crippen LogP contribution in [-0.2, 0) is 12.7 Å². The first-order valence-corrected chi connectivity index (χ1v) is 10.3. The van der Waals surface area contributed by atoms with Gasteiger partial charge < -0.3 is 9.84 Å². The molecule has 2 aromatic carbocycles. The molecular weight excluding hydrogens is 409 g/mol. The second kappa shape index (κ2) is 8.07. The summed E-state index contributed by atoms with van der Waals surface area (Å²) in [5.74, 6) is 0.707. The van der Waals surface area contributed by atoms with Crippen molar-refractivity contribution in [3.63, 3.8) is 0 Å². The van der Waals surface area contributed by atoms with Crippen LogP contribution in [0.1, 0.15) is 48.4 Å². The minimum atomic E-state index is -4.50. The van der Waals surface area contributed by atoms with Crippen LogP contribution in [0.4, 0.5) is 13.2 Å². The molecule has 1 fully saturated rings. The zero-order valence-electron chi connectivity index (χ0n) is 17.4. The molecule has 1 aliphatic carbocycles. The Hall–Kier alpha value is -2.74. The number of aliphatic hydroxyl groups is 1. The maximum atomic E-state index is 13.4. The fourth-order valence-corrected chi connectivity index (χ4v) is 4.50. The highest BCUT2D eigenvalue weighted by molar-refractivity contribution is 5.77. The first-order valence-electron chi connectivity index (χ1n) is 10.3. The van der Waals surface area contributed by atoms with Gasteiger partial charge in [0.2, 0.25) is 0 Å². The number of nitrogens with zero attached hydrogens (tertiary/aromatic N) is 2. The molecule has 4 rings (SSSR count). The molecule has 0 radical (unpaired) electrons. The van der Waals surface area contributed by atoms with Gasteiger partial charge in [0.15, 0.2) is 0 Å². The Morgan fingerprint density at radius 2 is 1.77 bits per heavy atom. The molecule has 5 nitrogen and oxygen atoms in total. The number of benzene rings is 2. The molecule has 0 unspecified atom stereocenters. The molecule has 0 saturated heterocycles. The number of aliphatic hydroxyl groups excluding tert-OH is 1. The summed E-state index contributed by atoms with van der Waals surface area (Å²) in [5.41, 5.74) is 1.33. The molecule has 31 heavy (non-hydrogen) atoms. The van der Waals surface area contributed by atoms with E-state index >= 15 is 0 Å². The van der Waals surface area contributed by atoms with Gasteiger partial charge in [-0.25, -0.2) is 4.79 Å². The monoisotopic (exact) mass is 434 g/mol. The van der Waals surface area contributed by atoms with E-state index in [1.165, 1.54) is 10.6 Å². The summed E-state index contributed by atoms with van der Waals surface area (Å²) < 4.78 is 48.4.